The van der Waals surface area contributed by atoms with Crippen LogP contribution in [0.15, 0.2) is 73.1 Å². The minimum atomic E-state index is -4.35. The van der Waals surface area contributed by atoms with E-state index in [1.807, 2.05) is 12.1 Å². The van der Waals surface area contributed by atoms with Crippen LogP contribution in [0.4, 0.5) is 0 Å². The number of rotatable bonds is 11. The van der Waals surface area contributed by atoms with E-state index in [4.69, 9.17) is 16.3 Å². The molecule has 8 N–H and O–H groups in total. The molecule has 204 valence electrons. The molecule has 2 aromatic carbocycles. The minimum absolute atomic E-state index is 0.0303. The molecule has 1 aliphatic heterocycles. The van der Waals surface area contributed by atoms with Crippen LogP contribution >= 0.6 is 0 Å². The minimum Gasteiger partial charge on any atom is -0.381 e. The van der Waals surface area contributed by atoms with Gasteiger partial charge >= 0.3 is 0 Å². The number of amides is 1. The molecular formula is C26H30N8O4S. The van der Waals surface area contributed by atoms with Crippen molar-refractivity contribution in [3.05, 3.63) is 95.6 Å². The molecule has 3 atom stereocenters. The Balaban J connectivity index is 1.75. The van der Waals surface area contributed by atoms with E-state index in [0.717, 1.165) is 6.42 Å². The van der Waals surface area contributed by atoms with E-state index in [1.54, 1.807) is 48.5 Å². The van der Waals surface area contributed by atoms with Crippen molar-refractivity contribution in [1.82, 2.24) is 25.3 Å². The predicted molar refractivity (Wildman–Crippen MR) is 145 cm³/mol. The number of hydrogen-bond donors (Lipinski definition) is 6. The van der Waals surface area contributed by atoms with Gasteiger partial charge in [-0.3, -0.25) is 15.0 Å². The molecule has 1 aromatic heterocycles. The van der Waals surface area contributed by atoms with Crippen molar-refractivity contribution < 1.29 is 18.0 Å². The molecule has 1 aliphatic rings. The fourth-order valence-corrected chi connectivity index (χ4v) is 5.25. The largest absolute Gasteiger partial charge is 0.381 e. The Kier molecular flexibility index (Phi) is 8.76. The lowest BCUT2D eigenvalue weighted by Gasteiger charge is -2.29. The average Bonchev–Trinajstić information content (AvgIpc) is 3.47. The van der Waals surface area contributed by atoms with Crippen molar-refractivity contribution in [3.63, 3.8) is 0 Å². The number of hydrogen-bond acceptors (Lipinski definition) is 8. The molecule has 0 radical (unpaired) electrons. The van der Waals surface area contributed by atoms with Crippen LogP contribution in [-0.4, -0.2) is 54.5 Å². The van der Waals surface area contributed by atoms with Crippen molar-refractivity contribution in [2.75, 3.05) is 6.54 Å². The zero-order chi connectivity index (χ0) is 28.0. The second kappa shape index (κ2) is 12.2. The number of nitrogens with zero attached hydrogens (tertiary/aromatic N) is 2. The highest BCUT2D eigenvalue weighted by molar-refractivity contribution is 7.87. The summed E-state index contributed by atoms with van der Waals surface area (Å²) in [4.78, 5) is 35.5. The van der Waals surface area contributed by atoms with Crippen LogP contribution in [0.25, 0.3) is 0 Å². The third-order valence-corrected chi connectivity index (χ3v) is 7.03. The van der Waals surface area contributed by atoms with Gasteiger partial charge in [0.2, 0.25) is 5.91 Å². The number of Topliss-reactive ketones (excluding diaryl/α,β-unsaturated/α-hetero) is 1. The molecule has 0 saturated carbocycles. The summed E-state index contributed by atoms with van der Waals surface area (Å²) in [7, 11) is -4.35. The molecule has 1 saturated heterocycles. The lowest BCUT2D eigenvalue weighted by molar-refractivity contribution is -0.130. The molecule has 2 heterocycles. The second-order valence-electron chi connectivity index (χ2n) is 9.19. The molecule has 1 fully saturated rings. The number of carbonyl (C=O) groups excluding carboxylic acids is 2. The first-order valence-electron chi connectivity index (χ1n) is 12.3. The van der Waals surface area contributed by atoms with Crippen LogP contribution in [0.5, 0.6) is 0 Å². The summed E-state index contributed by atoms with van der Waals surface area (Å²) in [5.41, 5.74) is 7.04. The van der Waals surface area contributed by atoms with Crippen LogP contribution < -0.4 is 26.2 Å². The lowest BCUT2D eigenvalue weighted by atomic mass is 9.84. The van der Waals surface area contributed by atoms with Gasteiger partial charge in [0.25, 0.3) is 10.2 Å². The maximum Gasteiger partial charge on any atom is 0.275 e. The van der Waals surface area contributed by atoms with E-state index >= 15 is 0 Å². The maximum absolute atomic E-state index is 13.9. The van der Waals surface area contributed by atoms with Gasteiger partial charge in [0.15, 0.2) is 17.4 Å². The Bertz CT molecular complexity index is 1370. The molecule has 39 heavy (non-hydrogen) atoms. The first-order chi connectivity index (χ1) is 18.6. The highest BCUT2D eigenvalue weighted by Gasteiger charge is 2.38. The smallest absolute Gasteiger partial charge is 0.275 e. The van der Waals surface area contributed by atoms with Gasteiger partial charge in [-0.15, -0.1) is 0 Å². The van der Waals surface area contributed by atoms with Crippen molar-refractivity contribution in [3.8, 4) is 0 Å². The summed E-state index contributed by atoms with van der Waals surface area (Å²) in [6, 6.07) is 14.7. The normalized spacial score (nSPS) is 16.9. The number of carbonyl (C=O) groups is 2. The van der Waals surface area contributed by atoms with Crippen LogP contribution in [0.2, 0.25) is 0 Å². The van der Waals surface area contributed by atoms with Gasteiger partial charge in [-0.25, -0.2) is 15.1 Å². The number of ketones is 1. The SMILES string of the molecule is N=C(N)c1ncc(C(NC(=O)[C@H](NS(N)(=O)=O)C(c2ccccc2)c2ccccc2)C(=O)[C@@H]2CCCN2)cn1. The van der Waals surface area contributed by atoms with Crippen LogP contribution in [0, 0.1) is 5.41 Å². The molecule has 13 heteroatoms. The Morgan fingerprint density at radius 2 is 1.54 bits per heavy atom. The number of nitrogens with two attached hydrogens (primary N) is 2. The van der Waals surface area contributed by atoms with E-state index < -0.39 is 40.2 Å². The van der Waals surface area contributed by atoms with E-state index in [2.05, 4.69) is 25.3 Å². The highest BCUT2D eigenvalue weighted by atomic mass is 32.2. The molecule has 0 bridgehead atoms. The monoisotopic (exact) mass is 550 g/mol. The molecular weight excluding hydrogens is 520 g/mol. The van der Waals surface area contributed by atoms with Crippen molar-refractivity contribution in [2.24, 2.45) is 10.9 Å². The van der Waals surface area contributed by atoms with Gasteiger partial charge in [-0.05, 0) is 30.5 Å². The van der Waals surface area contributed by atoms with Gasteiger partial charge in [0.1, 0.15) is 12.1 Å². The third-order valence-electron chi connectivity index (χ3n) is 6.45. The first-order valence-corrected chi connectivity index (χ1v) is 13.8. The summed E-state index contributed by atoms with van der Waals surface area (Å²) < 4.78 is 26.8. The summed E-state index contributed by atoms with van der Waals surface area (Å²) in [5.74, 6) is -2.25. The number of aromatic nitrogens is 2. The van der Waals surface area contributed by atoms with E-state index in [9.17, 15) is 18.0 Å². The van der Waals surface area contributed by atoms with Gasteiger partial charge in [-0.1, -0.05) is 60.7 Å². The summed E-state index contributed by atoms with van der Waals surface area (Å²) in [5, 5.41) is 18.7. The Hall–Kier alpha value is -4.04. The fraction of sp³-hybridized carbons (Fsp3) is 0.269. The maximum atomic E-state index is 13.9. The first kappa shape index (κ1) is 28.0. The summed E-state index contributed by atoms with van der Waals surface area (Å²) in [6.07, 6.45) is 3.99. The highest BCUT2D eigenvalue weighted by Crippen LogP contribution is 2.29. The van der Waals surface area contributed by atoms with E-state index in [-0.39, 0.29) is 23.0 Å². The van der Waals surface area contributed by atoms with Crippen molar-refractivity contribution in [1.29, 1.82) is 5.41 Å². The molecule has 3 aromatic rings. The lowest BCUT2D eigenvalue weighted by Crippen LogP contribution is -2.54. The van der Waals surface area contributed by atoms with Crippen LogP contribution in [0.3, 0.4) is 0 Å². The van der Waals surface area contributed by atoms with Crippen molar-refractivity contribution in [2.45, 2.75) is 36.9 Å². The zero-order valence-electron chi connectivity index (χ0n) is 20.9. The van der Waals surface area contributed by atoms with Crippen molar-refractivity contribution >= 4 is 27.7 Å². The van der Waals surface area contributed by atoms with E-state index in [0.29, 0.717) is 24.1 Å². The van der Waals surface area contributed by atoms with Gasteiger partial charge in [0.05, 0.1) is 6.04 Å². The topological polar surface area (TPSA) is 206 Å². The van der Waals surface area contributed by atoms with Gasteiger partial charge in [-0.2, -0.15) is 13.1 Å². The number of benzene rings is 2. The standard InChI is InChI=1S/C26H30N8O4S/c27-24(28)25-31-14-18(15-32-25)21(23(35)19-12-7-13-30-19)33-26(36)22(34-39(29,37)38)20(16-8-3-1-4-9-16)17-10-5-2-6-11-17/h1-6,8-11,14-15,19-22,30,34H,7,12-13H2,(H3,27,28)(H,33,36)(H2,29,37,38)/t19-,21?,22+/m0/s1. The average molecular weight is 551 g/mol. The number of nitrogens with one attached hydrogen (secondary N) is 4. The van der Waals surface area contributed by atoms with Crippen LogP contribution in [-0.2, 0) is 19.8 Å². The quantitative estimate of drug-likeness (QED) is 0.144. The molecule has 1 amide bonds. The van der Waals surface area contributed by atoms with Gasteiger partial charge in [0, 0.05) is 23.9 Å². The van der Waals surface area contributed by atoms with E-state index in [1.165, 1.54) is 12.4 Å². The van der Waals surface area contributed by atoms with Crippen LogP contribution in [0.1, 0.15) is 47.3 Å². The fourth-order valence-electron chi connectivity index (χ4n) is 4.65. The predicted octanol–water partition coefficient (Wildman–Crippen LogP) is 0.233. The Labute approximate surface area is 226 Å². The third kappa shape index (κ3) is 7.09. The van der Waals surface area contributed by atoms with Gasteiger partial charge < -0.3 is 16.4 Å². The molecule has 0 spiro atoms. The molecule has 0 aliphatic carbocycles. The zero-order valence-corrected chi connectivity index (χ0v) is 21.8. The molecule has 12 nitrogen and oxygen atoms in total. The summed E-state index contributed by atoms with van der Waals surface area (Å²) >= 11 is 0. The number of amidine groups is 1. The summed E-state index contributed by atoms with van der Waals surface area (Å²) in [6.45, 7) is 0.649. The molecule has 1 unspecified atom stereocenters. The molecule has 4 rings (SSSR count). The Morgan fingerprint density at radius 1 is 0.974 bits per heavy atom. The Morgan fingerprint density at radius 3 is 2.00 bits per heavy atom. The second-order valence-corrected chi connectivity index (χ2v) is 10.5. The number of nitrogen functional groups attached to an aromatic ring is 1.